The van der Waals surface area contributed by atoms with Gasteiger partial charge >= 0.3 is 0 Å². The van der Waals surface area contributed by atoms with E-state index in [-0.39, 0.29) is 11.3 Å². The minimum atomic E-state index is -0.422. The van der Waals surface area contributed by atoms with Crippen molar-refractivity contribution in [3.63, 3.8) is 0 Å². The predicted octanol–water partition coefficient (Wildman–Crippen LogP) is 4.35. The van der Waals surface area contributed by atoms with E-state index in [1.165, 1.54) is 6.07 Å². The van der Waals surface area contributed by atoms with Crippen molar-refractivity contribution in [3.8, 4) is 11.8 Å². The van der Waals surface area contributed by atoms with Crippen LogP contribution in [0.25, 0.3) is 10.8 Å². The topological polar surface area (TPSA) is 89.3 Å². The average molecular weight is 390 g/mol. The van der Waals surface area contributed by atoms with Crippen LogP contribution in [0.1, 0.15) is 28.6 Å². The van der Waals surface area contributed by atoms with Gasteiger partial charge < -0.3 is 14.9 Å². The standard InChI is InChI=1S/C22H18N2O3S/c1-11-18-17(25)9-8-15-20(13-4-6-14(28-3)7-5-13)16(10-23)22(24)27-21(15)19(18)12(2)26-11/h4-9,20H,24H2,1-3H3/t20-/m0/s1. The number of benzene rings is 1. The SMILES string of the molecule is CSc1ccc([C@@H]2C(C#N)=C(N)Oc3c2ccc(=O)c2c(C)oc(C)c32)cc1. The van der Waals surface area contributed by atoms with E-state index in [0.717, 1.165) is 16.0 Å². The van der Waals surface area contributed by atoms with Crippen LogP contribution in [0.2, 0.25) is 0 Å². The van der Waals surface area contributed by atoms with Gasteiger partial charge in [-0.3, -0.25) is 4.79 Å². The molecule has 0 fully saturated rings. The summed E-state index contributed by atoms with van der Waals surface area (Å²) in [5.41, 5.74) is 7.94. The van der Waals surface area contributed by atoms with Gasteiger partial charge in [0.2, 0.25) is 5.88 Å². The summed E-state index contributed by atoms with van der Waals surface area (Å²) in [5.74, 6) is 1.22. The lowest BCUT2D eigenvalue weighted by Gasteiger charge is -2.26. The zero-order chi connectivity index (χ0) is 20.0. The van der Waals surface area contributed by atoms with Gasteiger partial charge in [0.05, 0.1) is 16.7 Å². The Bertz CT molecular complexity index is 1230. The molecule has 2 N–H and O–H groups in total. The van der Waals surface area contributed by atoms with Crippen molar-refractivity contribution in [1.82, 2.24) is 0 Å². The summed E-state index contributed by atoms with van der Waals surface area (Å²) >= 11 is 1.64. The molecule has 28 heavy (non-hydrogen) atoms. The fraction of sp³-hybridized carbons (Fsp3) is 0.182. The Hall–Kier alpha value is -3.17. The Morgan fingerprint density at radius 3 is 2.39 bits per heavy atom. The number of nitrogens with two attached hydrogens (primary N) is 1. The fourth-order valence-electron chi connectivity index (χ4n) is 3.78. The normalized spacial score (nSPS) is 15.9. The summed E-state index contributed by atoms with van der Waals surface area (Å²) in [5, 5.41) is 10.8. The number of rotatable bonds is 2. The number of fused-ring (bicyclic) bond motifs is 3. The van der Waals surface area contributed by atoms with E-state index in [4.69, 9.17) is 14.9 Å². The predicted molar refractivity (Wildman–Crippen MR) is 109 cm³/mol. The summed E-state index contributed by atoms with van der Waals surface area (Å²) in [7, 11) is 0. The lowest BCUT2D eigenvalue weighted by atomic mass is 9.84. The molecule has 2 aromatic carbocycles. The maximum absolute atomic E-state index is 12.7. The van der Waals surface area contributed by atoms with Crippen LogP contribution in [0.15, 0.2) is 62.0 Å². The third kappa shape index (κ3) is 2.67. The van der Waals surface area contributed by atoms with E-state index in [9.17, 15) is 10.1 Å². The zero-order valence-electron chi connectivity index (χ0n) is 15.7. The number of allylic oxidation sites excluding steroid dienone is 1. The molecule has 0 spiro atoms. The molecule has 1 atom stereocenters. The maximum Gasteiger partial charge on any atom is 0.205 e. The van der Waals surface area contributed by atoms with E-state index in [1.54, 1.807) is 31.7 Å². The van der Waals surface area contributed by atoms with Crippen LogP contribution in [0.5, 0.6) is 5.75 Å². The summed E-state index contributed by atoms with van der Waals surface area (Å²) in [4.78, 5) is 13.8. The number of ether oxygens (including phenoxy) is 1. The van der Waals surface area contributed by atoms with Gasteiger partial charge in [-0.25, -0.2) is 0 Å². The van der Waals surface area contributed by atoms with Crippen molar-refractivity contribution in [2.75, 3.05) is 6.26 Å². The Balaban J connectivity index is 2.08. The van der Waals surface area contributed by atoms with Crippen LogP contribution in [-0.4, -0.2) is 6.26 Å². The number of hydrogen-bond donors (Lipinski definition) is 1. The van der Waals surface area contributed by atoms with Gasteiger partial charge in [-0.05, 0) is 43.9 Å². The third-order valence-electron chi connectivity index (χ3n) is 5.06. The third-order valence-corrected chi connectivity index (χ3v) is 5.80. The number of thioether (sulfide) groups is 1. The molecule has 3 aromatic rings. The van der Waals surface area contributed by atoms with Crippen LogP contribution in [-0.2, 0) is 0 Å². The molecule has 0 aliphatic carbocycles. The van der Waals surface area contributed by atoms with E-state index in [1.807, 2.05) is 30.5 Å². The molecule has 0 saturated carbocycles. The minimum Gasteiger partial charge on any atom is -0.465 e. The van der Waals surface area contributed by atoms with Crippen LogP contribution < -0.4 is 15.9 Å². The molecule has 5 nitrogen and oxygen atoms in total. The molecule has 0 saturated heterocycles. The molecule has 2 heterocycles. The van der Waals surface area contributed by atoms with Crippen molar-refractivity contribution >= 4 is 22.5 Å². The molecule has 0 unspecified atom stereocenters. The number of hydrogen-bond acceptors (Lipinski definition) is 6. The number of nitriles is 1. The first-order chi connectivity index (χ1) is 13.5. The summed E-state index contributed by atoms with van der Waals surface area (Å²) in [6, 6.07) is 13.4. The Morgan fingerprint density at radius 2 is 1.75 bits per heavy atom. The van der Waals surface area contributed by atoms with Gasteiger partial charge in [0.1, 0.15) is 28.9 Å². The van der Waals surface area contributed by atoms with Crippen LogP contribution in [0.3, 0.4) is 0 Å². The van der Waals surface area contributed by atoms with Crippen molar-refractivity contribution in [3.05, 3.63) is 80.7 Å². The van der Waals surface area contributed by atoms with Gasteiger partial charge in [0.25, 0.3) is 0 Å². The van der Waals surface area contributed by atoms with Crippen molar-refractivity contribution in [1.29, 1.82) is 5.26 Å². The minimum absolute atomic E-state index is 0.0483. The Kier molecular flexibility index (Phi) is 4.40. The molecular weight excluding hydrogens is 372 g/mol. The van der Waals surface area contributed by atoms with E-state index < -0.39 is 5.92 Å². The second kappa shape index (κ2) is 6.77. The number of nitrogens with zero attached hydrogens (tertiary/aromatic N) is 1. The zero-order valence-corrected chi connectivity index (χ0v) is 16.5. The van der Waals surface area contributed by atoms with Crippen LogP contribution in [0.4, 0.5) is 0 Å². The molecule has 1 aromatic heterocycles. The molecule has 0 bridgehead atoms. The van der Waals surface area contributed by atoms with E-state index in [2.05, 4.69) is 6.07 Å². The van der Waals surface area contributed by atoms with Gasteiger partial charge in [-0.1, -0.05) is 18.2 Å². The van der Waals surface area contributed by atoms with Crippen molar-refractivity contribution in [2.45, 2.75) is 24.7 Å². The summed E-state index contributed by atoms with van der Waals surface area (Å²) in [6.07, 6.45) is 2.01. The van der Waals surface area contributed by atoms with E-state index in [0.29, 0.717) is 33.6 Å². The first-order valence-electron chi connectivity index (χ1n) is 8.74. The highest BCUT2D eigenvalue weighted by Crippen LogP contribution is 2.45. The lowest BCUT2D eigenvalue weighted by Crippen LogP contribution is -2.20. The number of furan rings is 1. The molecule has 140 valence electrons. The molecular formula is C22H18N2O3S. The first kappa shape index (κ1) is 18.2. The highest BCUT2D eigenvalue weighted by atomic mass is 32.2. The molecule has 0 radical (unpaired) electrons. The summed E-state index contributed by atoms with van der Waals surface area (Å²) in [6.45, 7) is 3.55. The second-order valence-electron chi connectivity index (χ2n) is 6.64. The van der Waals surface area contributed by atoms with Crippen LogP contribution in [0, 0.1) is 25.2 Å². The van der Waals surface area contributed by atoms with Gasteiger partial charge in [-0.15, -0.1) is 11.8 Å². The van der Waals surface area contributed by atoms with E-state index >= 15 is 0 Å². The monoisotopic (exact) mass is 390 g/mol. The highest BCUT2D eigenvalue weighted by Gasteiger charge is 2.32. The Morgan fingerprint density at radius 1 is 1.07 bits per heavy atom. The quantitative estimate of drug-likeness (QED) is 0.654. The van der Waals surface area contributed by atoms with Gasteiger partial charge in [0.15, 0.2) is 5.43 Å². The average Bonchev–Trinajstić information content (AvgIpc) is 2.90. The van der Waals surface area contributed by atoms with Gasteiger partial charge in [-0.2, -0.15) is 5.26 Å². The summed E-state index contributed by atoms with van der Waals surface area (Å²) < 4.78 is 11.6. The molecule has 6 heteroatoms. The van der Waals surface area contributed by atoms with Crippen LogP contribution >= 0.6 is 11.8 Å². The number of aryl methyl sites for hydroxylation is 2. The fourth-order valence-corrected chi connectivity index (χ4v) is 4.19. The second-order valence-corrected chi connectivity index (χ2v) is 7.52. The molecule has 1 aliphatic rings. The molecule has 1 aliphatic heterocycles. The largest absolute Gasteiger partial charge is 0.465 e. The lowest BCUT2D eigenvalue weighted by molar-refractivity contribution is 0.398. The molecule has 0 amide bonds. The Labute approximate surface area is 166 Å². The van der Waals surface area contributed by atoms with Crippen molar-refractivity contribution in [2.24, 2.45) is 5.73 Å². The van der Waals surface area contributed by atoms with Gasteiger partial charge in [0, 0.05) is 10.5 Å². The molecule has 4 rings (SSSR count). The first-order valence-corrected chi connectivity index (χ1v) is 9.97. The highest BCUT2D eigenvalue weighted by molar-refractivity contribution is 7.98. The smallest absolute Gasteiger partial charge is 0.205 e. The van der Waals surface area contributed by atoms with Crippen molar-refractivity contribution < 1.29 is 9.15 Å². The maximum atomic E-state index is 12.7.